The van der Waals surface area contributed by atoms with Gasteiger partial charge in [-0.2, -0.15) is 0 Å². The molecule has 22 heavy (non-hydrogen) atoms. The number of benzene rings is 1. The zero-order valence-electron chi connectivity index (χ0n) is 13.7. The molecule has 1 aliphatic heterocycles. The molecule has 0 aliphatic carbocycles. The van der Waals surface area contributed by atoms with Crippen LogP contribution in [-0.2, 0) is 4.74 Å². The number of ether oxygens (including phenoxy) is 1. The lowest BCUT2D eigenvalue weighted by atomic mass is 9.93. The highest BCUT2D eigenvalue weighted by Gasteiger charge is 2.31. The van der Waals surface area contributed by atoms with Gasteiger partial charge in [0.2, 0.25) is 0 Å². The van der Waals surface area contributed by atoms with Crippen LogP contribution in [0.1, 0.15) is 45.2 Å². The molecule has 1 N–H and O–H groups in total. The van der Waals surface area contributed by atoms with Crippen molar-refractivity contribution >= 4 is 6.09 Å². The minimum Gasteiger partial charge on any atom is -0.444 e. The Morgan fingerprint density at radius 3 is 2.68 bits per heavy atom. The number of piperidine rings is 1. The van der Waals surface area contributed by atoms with Crippen LogP contribution < -0.4 is 5.32 Å². The number of hydrogen-bond acceptors (Lipinski definition) is 3. The highest BCUT2D eigenvalue weighted by atomic mass is 19.1. The van der Waals surface area contributed by atoms with E-state index in [1.54, 1.807) is 24.1 Å². The fourth-order valence-electron chi connectivity index (χ4n) is 2.73. The van der Waals surface area contributed by atoms with Gasteiger partial charge in [0.1, 0.15) is 11.4 Å². The average Bonchev–Trinajstić information content (AvgIpc) is 2.45. The summed E-state index contributed by atoms with van der Waals surface area (Å²) in [5, 5.41) is 3.33. The molecule has 1 amide bonds. The third-order valence-electron chi connectivity index (χ3n) is 3.89. The fraction of sp³-hybridized carbons (Fsp3) is 0.588. The number of nitrogens with zero attached hydrogens (tertiary/aromatic N) is 1. The Labute approximate surface area is 131 Å². The molecule has 0 radical (unpaired) electrons. The number of rotatable bonds is 2. The van der Waals surface area contributed by atoms with Crippen LogP contribution in [-0.4, -0.2) is 36.2 Å². The first-order valence-corrected chi connectivity index (χ1v) is 7.71. The quantitative estimate of drug-likeness (QED) is 0.909. The van der Waals surface area contributed by atoms with E-state index in [2.05, 4.69) is 5.32 Å². The maximum absolute atomic E-state index is 13.9. The van der Waals surface area contributed by atoms with Crippen LogP contribution in [0.3, 0.4) is 0 Å². The molecule has 122 valence electrons. The van der Waals surface area contributed by atoms with Crippen molar-refractivity contribution < 1.29 is 13.9 Å². The summed E-state index contributed by atoms with van der Waals surface area (Å²) >= 11 is 0. The summed E-state index contributed by atoms with van der Waals surface area (Å²) in [7, 11) is 1.75. The normalized spacial score (nSPS) is 22.2. The Kier molecular flexibility index (Phi) is 5.06. The molecule has 0 spiro atoms. The second-order valence-electron chi connectivity index (χ2n) is 6.80. The Morgan fingerprint density at radius 1 is 1.36 bits per heavy atom. The number of halogens is 1. The van der Waals surface area contributed by atoms with E-state index in [0.29, 0.717) is 12.0 Å². The highest BCUT2D eigenvalue weighted by Crippen LogP contribution is 2.28. The van der Waals surface area contributed by atoms with Gasteiger partial charge in [-0.1, -0.05) is 18.2 Å². The van der Waals surface area contributed by atoms with Gasteiger partial charge in [0.25, 0.3) is 0 Å². The minimum absolute atomic E-state index is 0.0423. The van der Waals surface area contributed by atoms with Gasteiger partial charge in [-0.05, 0) is 46.2 Å². The number of amides is 1. The van der Waals surface area contributed by atoms with Crippen molar-refractivity contribution in [3.05, 3.63) is 35.6 Å². The molecule has 1 aliphatic rings. The lowest BCUT2D eigenvalue weighted by Gasteiger charge is -2.37. The van der Waals surface area contributed by atoms with Crippen molar-refractivity contribution in [2.45, 2.75) is 51.3 Å². The van der Waals surface area contributed by atoms with E-state index in [0.717, 1.165) is 13.0 Å². The zero-order chi connectivity index (χ0) is 16.3. The van der Waals surface area contributed by atoms with Gasteiger partial charge >= 0.3 is 6.09 Å². The summed E-state index contributed by atoms with van der Waals surface area (Å²) < 4.78 is 19.3. The second kappa shape index (κ2) is 6.65. The number of nitrogens with one attached hydrogen (secondary N) is 1. The van der Waals surface area contributed by atoms with E-state index in [4.69, 9.17) is 4.74 Å². The lowest BCUT2D eigenvalue weighted by molar-refractivity contribution is 0.0178. The summed E-state index contributed by atoms with van der Waals surface area (Å²) in [6.45, 7) is 6.30. The van der Waals surface area contributed by atoms with Gasteiger partial charge in [0.15, 0.2) is 0 Å². The first-order valence-electron chi connectivity index (χ1n) is 7.71. The van der Waals surface area contributed by atoms with Crippen LogP contribution in [0.25, 0.3) is 0 Å². The van der Waals surface area contributed by atoms with Gasteiger partial charge in [-0.25, -0.2) is 9.18 Å². The Morgan fingerprint density at radius 2 is 2.05 bits per heavy atom. The number of carbonyl (C=O) groups excluding carboxylic acids is 1. The fourth-order valence-corrected chi connectivity index (χ4v) is 2.73. The van der Waals surface area contributed by atoms with Gasteiger partial charge in [0.05, 0.1) is 0 Å². The van der Waals surface area contributed by atoms with E-state index in [9.17, 15) is 9.18 Å². The monoisotopic (exact) mass is 308 g/mol. The first-order chi connectivity index (χ1) is 10.3. The van der Waals surface area contributed by atoms with Crippen molar-refractivity contribution in [2.75, 3.05) is 13.6 Å². The van der Waals surface area contributed by atoms with Crippen molar-refractivity contribution in [2.24, 2.45) is 0 Å². The lowest BCUT2D eigenvalue weighted by Crippen LogP contribution is -2.46. The predicted molar refractivity (Wildman–Crippen MR) is 84.2 cm³/mol. The largest absolute Gasteiger partial charge is 0.444 e. The van der Waals surface area contributed by atoms with Crippen molar-refractivity contribution in [1.82, 2.24) is 10.2 Å². The number of hydrogen-bond donors (Lipinski definition) is 1. The van der Waals surface area contributed by atoms with E-state index in [1.165, 1.54) is 6.07 Å². The van der Waals surface area contributed by atoms with Crippen molar-refractivity contribution in [1.29, 1.82) is 0 Å². The van der Waals surface area contributed by atoms with E-state index >= 15 is 0 Å². The summed E-state index contributed by atoms with van der Waals surface area (Å²) in [5.41, 5.74) is 0.146. The molecule has 1 heterocycles. The predicted octanol–water partition coefficient (Wildman–Crippen LogP) is 3.49. The molecule has 1 saturated heterocycles. The molecule has 1 aromatic carbocycles. The van der Waals surface area contributed by atoms with Crippen LogP contribution in [0.15, 0.2) is 24.3 Å². The van der Waals surface area contributed by atoms with Gasteiger partial charge in [0, 0.05) is 24.7 Å². The molecule has 0 unspecified atom stereocenters. The van der Waals surface area contributed by atoms with Crippen LogP contribution in [0, 0.1) is 5.82 Å². The molecular formula is C17H25FN2O2. The summed E-state index contributed by atoms with van der Waals surface area (Å²) in [4.78, 5) is 13.8. The van der Waals surface area contributed by atoms with Gasteiger partial charge < -0.3 is 15.0 Å². The second-order valence-corrected chi connectivity index (χ2v) is 6.80. The maximum Gasteiger partial charge on any atom is 0.410 e. The van der Waals surface area contributed by atoms with E-state index in [-0.39, 0.29) is 24.0 Å². The molecular weight excluding hydrogens is 283 g/mol. The standard InChI is InChI=1S/C17H25FN2O2/c1-17(2,3)22-16(21)20(4)12-9-10-19-15(11-12)13-7-5-6-8-14(13)18/h5-8,12,15,19H,9-11H2,1-4H3/t12-,15+/m1/s1. The SMILES string of the molecule is CN(C(=O)OC(C)(C)C)[C@@H]1CCN[C@H](c2ccccc2F)C1. The minimum atomic E-state index is -0.511. The zero-order valence-corrected chi connectivity index (χ0v) is 13.7. The van der Waals surface area contributed by atoms with Crippen LogP contribution >= 0.6 is 0 Å². The van der Waals surface area contributed by atoms with Crippen LogP contribution in [0.4, 0.5) is 9.18 Å². The van der Waals surface area contributed by atoms with Gasteiger partial charge in [-0.15, -0.1) is 0 Å². The van der Waals surface area contributed by atoms with Crippen LogP contribution in [0.5, 0.6) is 0 Å². The molecule has 1 aromatic rings. The topological polar surface area (TPSA) is 41.6 Å². The Hall–Kier alpha value is -1.62. The molecule has 0 bridgehead atoms. The number of carbonyl (C=O) groups is 1. The van der Waals surface area contributed by atoms with Crippen LogP contribution in [0.2, 0.25) is 0 Å². The first kappa shape index (κ1) is 16.7. The summed E-state index contributed by atoms with van der Waals surface area (Å²) in [6, 6.07) is 6.75. The van der Waals surface area contributed by atoms with E-state index < -0.39 is 5.60 Å². The molecule has 0 aromatic heterocycles. The molecule has 5 heteroatoms. The van der Waals surface area contributed by atoms with Gasteiger partial charge in [-0.3, -0.25) is 0 Å². The van der Waals surface area contributed by atoms with Crippen molar-refractivity contribution in [3.8, 4) is 0 Å². The third kappa shape index (κ3) is 4.19. The smallest absolute Gasteiger partial charge is 0.410 e. The summed E-state index contributed by atoms with van der Waals surface area (Å²) in [5.74, 6) is -0.208. The molecule has 2 rings (SSSR count). The average molecular weight is 308 g/mol. The Bertz CT molecular complexity index is 528. The molecule has 2 atom stereocenters. The maximum atomic E-state index is 13.9. The Balaban J connectivity index is 2.04. The van der Waals surface area contributed by atoms with Crippen molar-refractivity contribution in [3.63, 3.8) is 0 Å². The van der Waals surface area contributed by atoms with E-state index in [1.807, 2.05) is 26.8 Å². The summed E-state index contributed by atoms with van der Waals surface area (Å²) in [6.07, 6.45) is 1.18. The highest BCUT2D eigenvalue weighted by molar-refractivity contribution is 5.68. The molecule has 4 nitrogen and oxygen atoms in total. The third-order valence-corrected chi connectivity index (χ3v) is 3.89. The molecule has 1 fully saturated rings. The molecule has 0 saturated carbocycles.